The van der Waals surface area contributed by atoms with Gasteiger partial charge in [-0.25, -0.2) is 0 Å². The van der Waals surface area contributed by atoms with Gasteiger partial charge in [0.1, 0.15) is 5.69 Å². The highest BCUT2D eigenvalue weighted by Crippen LogP contribution is 2.32. The highest BCUT2D eigenvalue weighted by molar-refractivity contribution is 6.28. The Morgan fingerprint density at radius 2 is 1.55 bits per heavy atom. The SMILES string of the molecule is Cn1c(C(C)(C)O)cc2c1C(=O)c1ccccc1C2=O. The van der Waals surface area contributed by atoms with Gasteiger partial charge >= 0.3 is 0 Å². The van der Waals surface area contributed by atoms with Gasteiger partial charge in [0.15, 0.2) is 5.78 Å². The maximum atomic E-state index is 12.6. The zero-order chi connectivity index (χ0) is 14.7. The van der Waals surface area contributed by atoms with Crippen molar-refractivity contribution in [3.8, 4) is 0 Å². The molecule has 1 aromatic carbocycles. The fourth-order valence-corrected chi connectivity index (χ4v) is 2.79. The summed E-state index contributed by atoms with van der Waals surface area (Å²) in [4.78, 5) is 25.1. The zero-order valence-electron chi connectivity index (χ0n) is 11.6. The minimum atomic E-state index is -1.11. The second-order valence-electron chi connectivity index (χ2n) is 5.61. The minimum absolute atomic E-state index is 0.165. The van der Waals surface area contributed by atoms with E-state index in [1.807, 2.05) is 0 Å². The molecule has 1 aromatic heterocycles. The monoisotopic (exact) mass is 269 g/mol. The number of rotatable bonds is 1. The molecule has 4 nitrogen and oxygen atoms in total. The zero-order valence-corrected chi connectivity index (χ0v) is 11.6. The first-order chi connectivity index (χ1) is 9.32. The molecule has 3 rings (SSSR count). The minimum Gasteiger partial charge on any atom is -0.384 e. The number of hydrogen-bond donors (Lipinski definition) is 1. The van der Waals surface area contributed by atoms with E-state index in [4.69, 9.17) is 0 Å². The lowest BCUT2D eigenvalue weighted by atomic mass is 9.88. The van der Waals surface area contributed by atoms with Crippen LogP contribution in [0.4, 0.5) is 0 Å². The summed E-state index contributed by atoms with van der Waals surface area (Å²) in [6, 6.07) is 8.43. The third-order valence-corrected chi connectivity index (χ3v) is 3.74. The largest absolute Gasteiger partial charge is 0.384 e. The van der Waals surface area contributed by atoms with Crippen molar-refractivity contribution < 1.29 is 14.7 Å². The summed E-state index contributed by atoms with van der Waals surface area (Å²) >= 11 is 0. The first kappa shape index (κ1) is 12.8. The van der Waals surface area contributed by atoms with Gasteiger partial charge in [-0.15, -0.1) is 0 Å². The molecule has 0 fully saturated rings. The molecule has 1 aliphatic rings. The Hall–Kier alpha value is -2.20. The number of nitrogens with zero attached hydrogens (tertiary/aromatic N) is 1. The summed E-state index contributed by atoms with van der Waals surface area (Å²) < 4.78 is 1.62. The summed E-state index contributed by atoms with van der Waals surface area (Å²) in [5.74, 6) is -0.338. The van der Waals surface area contributed by atoms with Crippen LogP contribution < -0.4 is 0 Å². The number of fused-ring (bicyclic) bond motifs is 2. The van der Waals surface area contributed by atoms with Crippen LogP contribution in [0.2, 0.25) is 0 Å². The van der Waals surface area contributed by atoms with Crippen molar-refractivity contribution in [2.75, 3.05) is 0 Å². The normalized spacial score (nSPS) is 14.2. The first-order valence-electron chi connectivity index (χ1n) is 6.43. The van der Waals surface area contributed by atoms with Crippen molar-refractivity contribution in [3.63, 3.8) is 0 Å². The number of carbonyl (C=O) groups is 2. The molecule has 20 heavy (non-hydrogen) atoms. The molecule has 0 saturated carbocycles. The third kappa shape index (κ3) is 1.58. The van der Waals surface area contributed by atoms with Gasteiger partial charge in [-0.2, -0.15) is 0 Å². The van der Waals surface area contributed by atoms with Crippen molar-refractivity contribution in [1.82, 2.24) is 4.57 Å². The van der Waals surface area contributed by atoms with Crippen LogP contribution in [0.15, 0.2) is 30.3 Å². The molecule has 102 valence electrons. The van der Waals surface area contributed by atoms with Gasteiger partial charge in [0, 0.05) is 18.2 Å². The van der Waals surface area contributed by atoms with Crippen LogP contribution in [0.25, 0.3) is 0 Å². The Morgan fingerprint density at radius 3 is 2.10 bits per heavy atom. The van der Waals surface area contributed by atoms with Crippen molar-refractivity contribution in [3.05, 3.63) is 58.4 Å². The smallest absolute Gasteiger partial charge is 0.210 e. The molecular formula is C16H15NO3. The van der Waals surface area contributed by atoms with Gasteiger partial charge in [-0.3, -0.25) is 9.59 Å². The molecule has 0 unspecified atom stereocenters. The highest BCUT2D eigenvalue weighted by atomic mass is 16.3. The molecule has 1 aliphatic carbocycles. The van der Waals surface area contributed by atoms with Gasteiger partial charge in [0.05, 0.1) is 16.9 Å². The molecule has 1 heterocycles. The maximum Gasteiger partial charge on any atom is 0.210 e. The van der Waals surface area contributed by atoms with Gasteiger partial charge in [0.2, 0.25) is 5.78 Å². The molecule has 0 radical (unpaired) electrons. The summed E-state index contributed by atoms with van der Waals surface area (Å²) in [5, 5.41) is 10.2. The molecule has 0 saturated heterocycles. The molecular weight excluding hydrogens is 254 g/mol. The predicted molar refractivity (Wildman–Crippen MR) is 74.0 cm³/mol. The Kier molecular flexibility index (Phi) is 2.50. The number of carbonyl (C=O) groups excluding carboxylic acids is 2. The molecule has 0 atom stereocenters. The van der Waals surface area contributed by atoms with Gasteiger partial charge in [-0.05, 0) is 19.9 Å². The van der Waals surface area contributed by atoms with Crippen LogP contribution in [-0.2, 0) is 12.6 Å². The summed E-state index contributed by atoms with van der Waals surface area (Å²) in [7, 11) is 1.70. The number of benzene rings is 1. The molecule has 0 spiro atoms. The van der Waals surface area contributed by atoms with Crippen LogP contribution in [0.1, 0.15) is 51.5 Å². The Balaban J connectivity index is 2.31. The Labute approximate surface area is 116 Å². The van der Waals surface area contributed by atoms with E-state index in [1.165, 1.54) is 0 Å². The topological polar surface area (TPSA) is 59.3 Å². The van der Waals surface area contributed by atoms with Gasteiger partial charge in [0.25, 0.3) is 0 Å². The quantitative estimate of drug-likeness (QED) is 0.735. The molecule has 0 amide bonds. The third-order valence-electron chi connectivity index (χ3n) is 3.74. The molecule has 0 aliphatic heterocycles. The van der Waals surface area contributed by atoms with Crippen LogP contribution in [0.3, 0.4) is 0 Å². The fourth-order valence-electron chi connectivity index (χ4n) is 2.79. The van der Waals surface area contributed by atoms with E-state index in [2.05, 4.69) is 0 Å². The van der Waals surface area contributed by atoms with E-state index >= 15 is 0 Å². The second kappa shape index (κ2) is 3.90. The summed E-state index contributed by atoms with van der Waals surface area (Å²) in [6.07, 6.45) is 0. The average Bonchev–Trinajstić information content (AvgIpc) is 2.74. The van der Waals surface area contributed by atoms with Crippen LogP contribution in [-0.4, -0.2) is 21.2 Å². The maximum absolute atomic E-state index is 12.6. The van der Waals surface area contributed by atoms with Crippen molar-refractivity contribution in [1.29, 1.82) is 0 Å². The molecule has 0 bridgehead atoms. The summed E-state index contributed by atoms with van der Waals surface area (Å²) in [6.45, 7) is 3.27. The van der Waals surface area contributed by atoms with E-state index in [9.17, 15) is 14.7 Å². The fraction of sp³-hybridized carbons (Fsp3) is 0.250. The van der Waals surface area contributed by atoms with E-state index in [0.717, 1.165) is 0 Å². The lowest BCUT2D eigenvalue weighted by molar-refractivity contribution is 0.0704. The van der Waals surface area contributed by atoms with Crippen molar-refractivity contribution in [2.24, 2.45) is 7.05 Å². The average molecular weight is 269 g/mol. The van der Waals surface area contributed by atoms with E-state index < -0.39 is 5.60 Å². The van der Waals surface area contributed by atoms with Crippen LogP contribution in [0, 0.1) is 0 Å². The second-order valence-corrected chi connectivity index (χ2v) is 5.61. The van der Waals surface area contributed by atoms with E-state index in [-0.39, 0.29) is 11.6 Å². The standard InChI is InChI=1S/C16H15NO3/c1-16(2,20)12-8-11-13(17(12)3)15(19)10-7-5-4-6-9(10)14(11)18/h4-8,20H,1-3H3. The van der Waals surface area contributed by atoms with Gasteiger partial charge in [-0.1, -0.05) is 24.3 Å². The lowest BCUT2D eigenvalue weighted by Gasteiger charge is -2.19. The molecule has 4 heteroatoms. The van der Waals surface area contributed by atoms with Crippen LogP contribution in [0.5, 0.6) is 0 Å². The van der Waals surface area contributed by atoms with Crippen molar-refractivity contribution in [2.45, 2.75) is 19.4 Å². The number of hydrogen-bond acceptors (Lipinski definition) is 3. The number of ketones is 2. The predicted octanol–water partition coefficient (Wildman–Crippen LogP) is 2.03. The number of aromatic nitrogens is 1. The Bertz CT molecular complexity index is 748. The van der Waals surface area contributed by atoms with Crippen LogP contribution >= 0.6 is 0 Å². The van der Waals surface area contributed by atoms with E-state index in [1.54, 1.807) is 55.8 Å². The summed E-state index contributed by atoms with van der Waals surface area (Å²) in [5.41, 5.74) is 1.02. The van der Waals surface area contributed by atoms with Gasteiger partial charge < -0.3 is 9.67 Å². The first-order valence-corrected chi connectivity index (χ1v) is 6.43. The number of aliphatic hydroxyl groups is 1. The van der Waals surface area contributed by atoms with E-state index in [0.29, 0.717) is 28.1 Å². The van der Waals surface area contributed by atoms with Crippen molar-refractivity contribution >= 4 is 11.6 Å². The highest BCUT2D eigenvalue weighted by Gasteiger charge is 2.35. The molecule has 2 aromatic rings. The lowest BCUT2D eigenvalue weighted by Crippen LogP contribution is -2.24. The Morgan fingerprint density at radius 1 is 1.00 bits per heavy atom. The molecule has 1 N–H and O–H groups in total.